The summed E-state index contributed by atoms with van der Waals surface area (Å²) in [5, 5.41) is 3.09. The van der Waals surface area contributed by atoms with E-state index < -0.39 is 0 Å². The monoisotopic (exact) mass is 362 g/mol. The van der Waals surface area contributed by atoms with Crippen LogP contribution in [0.3, 0.4) is 0 Å². The van der Waals surface area contributed by atoms with Crippen LogP contribution >= 0.6 is 0 Å². The molecule has 2 amide bonds. The standard InChI is InChI=1S/C19H30N4O3/c1-14(2)22-9-6-15(7-10-22)20-18(24)16-4-5-17(21-16)19(25)23-8-3-12-26-13-11-23/h4-5,14-15,21H,3,6-13H2,1-2H3,(H,20,24). The van der Waals surface area contributed by atoms with Crippen molar-refractivity contribution >= 4 is 11.8 Å². The molecule has 2 N–H and O–H groups in total. The number of piperidine rings is 1. The fourth-order valence-electron chi connectivity index (χ4n) is 3.60. The first-order chi connectivity index (χ1) is 12.5. The molecule has 2 saturated heterocycles. The highest BCUT2D eigenvalue weighted by molar-refractivity contribution is 5.97. The van der Waals surface area contributed by atoms with Gasteiger partial charge < -0.3 is 24.8 Å². The average molecular weight is 362 g/mol. The minimum absolute atomic E-state index is 0.0696. The third-order valence-corrected chi connectivity index (χ3v) is 5.27. The number of nitrogens with one attached hydrogen (secondary N) is 2. The zero-order valence-electron chi connectivity index (χ0n) is 15.8. The number of carbonyl (C=O) groups excluding carboxylic acids is 2. The molecule has 26 heavy (non-hydrogen) atoms. The fraction of sp³-hybridized carbons (Fsp3) is 0.684. The molecule has 0 aliphatic carbocycles. The number of H-pyrrole nitrogens is 1. The normalized spacial score (nSPS) is 20.2. The molecule has 0 bridgehead atoms. The quantitative estimate of drug-likeness (QED) is 0.851. The summed E-state index contributed by atoms with van der Waals surface area (Å²) < 4.78 is 5.39. The van der Waals surface area contributed by atoms with Crippen LogP contribution in [0.5, 0.6) is 0 Å². The van der Waals surface area contributed by atoms with E-state index in [1.807, 2.05) is 0 Å². The van der Waals surface area contributed by atoms with Gasteiger partial charge in [-0.2, -0.15) is 0 Å². The van der Waals surface area contributed by atoms with Crippen molar-refractivity contribution in [3.8, 4) is 0 Å². The fourth-order valence-corrected chi connectivity index (χ4v) is 3.60. The van der Waals surface area contributed by atoms with Crippen molar-refractivity contribution in [1.82, 2.24) is 20.1 Å². The lowest BCUT2D eigenvalue weighted by Gasteiger charge is -2.34. The number of carbonyl (C=O) groups is 2. The number of ether oxygens (including phenoxy) is 1. The van der Waals surface area contributed by atoms with Crippen LogP contribution in [0.15, 0.2) is 12.1 Å². The zero-order valence-corrected chi connectivity index (χ0v) is 15.8. The first kappa shape index (κ1) is 18.9. The van der Waals surface area contributed by atoms with Crippen molar-refractivity contribution in [2.24, 2.45) is 0 Å². The number of amides is 2. The Morgan fingerprint density at radius 3 is 2.58 bits per heavy atom. The van der Waals surface area contributed by atoms with E-state index in [0.29, 0.717) is 43.7 Å². The minimum Gasteiger partial charge on any atom is -0.380 e. The first-order valence-electron chi connectivity index (χ1n) is 9.65. The molecule has 1 aromatic rings. The van der Waals surface area contributed by atoms with Crippen LogP contribution < -0.4 is 5.32 Å². The maximum atomic E-state index is 12.6. The Balaban J connectivity index is 1.54. The Kier molecular flexibility index (Phi) is 6.32. The number of rotatable bonds is 4. The number of nitrogens with zero attached hydrogens (tertiary/aromatic N) is 2. The van der Waals surface area contributed by atoms with E-state index in [9.17, 15) is 9.59 Å². The second kappa shape index (κ2) is 8.68. The Morgan fingerprint density at radius 1 is 1.12 bits per heavy atom. The molecule has 7 nitrogen and oxygen atoms in total. The van der Waals surface area contributed by atoms with Crippen molar-refractivity contribution in [2.45, 2.75) is 45.2 Å². The van der Waals surface area contributed by atoms with Crippen LogP contribution in [-0.4, -0.2) is 78.1 Å². The first-order valence-corrected chi connectivity index (χ1v) is 9.65. The van der Waals surface area contributed by atoms with E-state index in [1.165, 1.54) is 0 Å². The summed E-state index contributed by atoms with van der Waals surface area (Å²) in [6.45, 7) is 8.95. The zero-order chi connectivity index (χ0) is 18.5. The van der Waals surface area contributed by atoms with Crippen molar-refractivity contribution in [3.05, 3.63) is 23.5 Å². The molecule has 0 unspecified atom stereocenters. The molecule has 3 heterocycles. The number of likely N-dealkylation sites (tertiary alicyclic amines) is 1. The molecule has 0 radical (unpaired) electrons. The molecular formula is C19H30N4O3. The maximum absolute atomic E-state index is 12.6. The van der Waals surface area contributed by atoms with Gasteiger partial charge in [-0.05, 0) is 45.2 Å². The predicted molar refractivity (Wildman–Crippen MR) is 99.3 cm³/mol. The molecule has 1 aromatic heterocycles. The Labute approximate surface area is 155 Å². The van der Waals surface area contributed by atoms with Gasteiger partial charge in [-0.3, -0.25) is 9.59 Å². The lowest BCUT2D eigenvalue weighted by Crippen LogP contribution is -2.46. The Bertz CT molecular complexity index is 612. The highest BCUT2D eigenvalue weighted by Crippen LogP contribution is 2.14. The van der Waals surface area contributed by atoms with Crippen LogP contribution in [0.4, 0.5) is 0 Å². The molecule has 0 aromatic carbocycles. The Morgan fingerprint density at radius 2 is 1.85 bits per heavy atom. The van der Waals surface area contributed by atoms with Gasteiger partial charge in [-0.25, -0.2) is 0 Å². The van der Waals surface area contributed by atoms with E-state index >= 15 is 0 Å². The highest BCUT2D eigenvalue weighted by atomic mass is 16.5. The third kappa shape index (κ3) is 4.65. The van der Waals surface area contributed by atoms with Crippen molar-refractivity contribution in [1.29, 1.82) is 0 Å². The van der Waals surface area contributed by atoms with E-state index in [1.54, 1.807) is 17.0 Å². The second-order valence-corrected chi connectivity index (χ2v) is 7.42. The van der Waals surface area contributed by atoms with Gasteiger partial charge in [0.2, 0.25) is 0 Å². The van der Waals surface area contributed by atoms with Gasteiger partial charge >= 0.3 is 0 Å². The highest BCUT2D eigenvalue weighted by Gasteiger charge is 2.24. The minimum atomic E-state index is -0.133. The third-order valence-electron chi connectivity index (χ3n) is 5.27. The van der Waals surface area contributed by atoms with Gasteiger partial charge in [-0.1, -0.05) is 0 Å². The molecule has 144 valence electrons. The number of aromatic nitrogens is 1. The van der Waals surface area contributed by atoms with E-state index in [0.717, 1.165) is 32.4 Å². The van der Waals surface area contributed by atoms with Gasteiger partial charge in [0.15, 0.2) is 0 Å². The van der Waals surface area contributed by atoms with Crippen molar-refractivity contribution < 1.29 is 14.3 Å². The smallest absolute Gasteiger partial charge is 0.270 e. The van der Waals surface area contributed by atoms with Gasteiger partial charge in [-0.15, -0.1) is 0 Å². The lowest BCUT2D eigenvalue weighted by molar-refractivity contribution is 0.0736. The van der Waals surface area contributed by atoms with Crippen LogP contribution in [0.1, 0.15) is 54.1 Å². The SMILES string of the molecule is CC(C)N1CCC(NC(=O)c2ccc(C(=O)N3CCCOCC3)[nH]2)CC1. The van der Waals surface area contributed by atoms with Crippen LogP contribution in [0.2, 0.25) is 0 Å². The van der Waals surface area contributed by atoms with Crippen LogP contribution in [0, 0.1) is 0 Å². The predicted octanol–water partition coefficient (Wildman–Crippen LogP) is 1.48. The topological polar surface area (TPSA) is 77.7 Å². The summed E-state index contributed by atoms with van der Waals surface area (Å²) in [7, 11) is 0. The molecular weight excluding hydrogens is 332 g/mol. The van der Waals surface area contributed by atoms with Crippen molar-refractivity contribution in [3.63, 3.8) is 0 Å². The second-order valence-electron chi connectivity index (χ2n) is 7.42. The number of aromatic amines is 1. The summed E-state index contributed by atoms with van der Waals surface area (Å²) in [6, 6.07) is 4.14. The number of hydrogen-bond acceptors (Lipinski definition) is 4. The maximum Gasteiger partial charge on any atom is 0.270 e. The van der Waals surface area contributed by atoms with Crippen LogP contribution in [-0.2, 0) is 4.74 Å². The summed E-state index contributed by atoms with van der Waals surface area (Å²) in [5.74, 6) is -0.203. The molecule has 2 aliphatic rings. The van der Waals surface area contributed by atoms with E-state index in [4.69, 9.17) is 4.74 Å². The van der Waals surface area contributed by atoms with E-state index in [-0.39, 0.29) is 17.9 Å². The van der Waals surface area contributed by atoms with Gasteiger partial charge in [0.1, 0.15) is 11.4 Å². The van der Waals surface area contributed by atoms with Crippen molar-refractivity contribution in [2.75, 3.05) is 39.4 Å². The molecule has 0 atom stereocenters. The van der Waals surface area contributed by atoms with Gasteiger partial charge in [0.25, 0.3) is 11.8 Å². The summed E-state index contributed by atoms with van der Waals surface area (Å²) in [4.78, 5) is 32.3. The Hall–Kier alpha value is -1.86. The summed E-state index contributed by atoms with van der Waals surface area (Å²) in [6.07, 6.45) is 2.77. The lowest BCUT2D eigenvalue weighted by atomic mass is 10.0. The van der Waals surface area contributed by atoms with E-state index in [2.05, 4.69) is 29.0 Å². The molecule has 2 fully saturated rings. The summed E-state index contributed by atoms with van der Waals surface area (Å²) >= 11 is 0. The summed E-state index contributed by atoms with van der Waals surface area (Å²) in [5.41, 5.74) is 0.914. The molecule has 0 spiro atoms. The van der Waals surface area contributed by atoms with Gasteiger partial charge in [0.05, 0.1) is 6.61 Å². The van der Waals surface area contributed by atoms with Crippen LogP contribution in [0.25, 0.3) is 0 Å². The number of hydrogen-bond donors (Lipinski definition) is 2. The average Bonchev–Trinajstić information content (AvgIpc) is 2.97. The molecule has 0 saturated carbocycles. The largest absolute Gasteiger partial charge is 0.380 e. The molecule has 2 aliphatic heterocycles. The molecule has 3 rings (SSSR count). The molecule has 7 heteroatoms. The van der Waals surface area contributed by atoms with Gasteiger partial charge in [0, 0.05) is 44.9 Å².